The van der Waals surface area contributed by atoms with E-state index in [2.05, 4.69) is 36.5 Å². The molecule has 7 nitrogen and oxygen atoms in total. The van der Waals surface area contributed by atoms with Gasteiger partial charge in [-0.25, -0.2) is 9.97 Å². The average molecular weight is 495 g/mol. The van der Waals surface area contributed by atoms with Crippen LogP contribution in [0.1, 0.15) is 26.3 Å². The molecule has 0 unspecified atom stereocenters. The fourth-order valence-corrected chi connectivity index (χ4v) is 2.99. The van der Waals surface area contributed by atoms with Gasteiger partial charge in [0.2, 0.25) is 5.88 Å². The number of methoxy groups -OCH3 is 1. The Kier molecular flexibility index (Phi) is 6.54. The van der Waals surface area contributed by atoms with Gasteiger partial charge in [-0.05, 0) is 36.4 Å². The van der Waals surface area contributed by atoms with Gasteiger partial charge in [-0.3, -0.25) is 9.59 Å². The molecule has 2 heterocycles. The number of rotatable bonds is 5. The van der Waals surface area contributed by atoms with Crippen molar-refractivity contribution in [1.82, 2.24) is 9.97 Å². The Labute approximate surface area is 182 Å². The number of hydrogen-bond acceptors (Lipinski definition) is 5. The molecule has 0 spiro atoms. The second kappa shape index (κ2) is 9.13. The molecule has 1 aromatic carbocycles. The van der Waals surface area contributed by atoms with Crippen LogP contribution in [0.25, 0.3) is 0 Å². The Morgan fingerprint density at radius 3 is 2.45 bits per heavy atom. The van der Waals surface area contributed by atoms with Crippen molar-refractivity contribution >= 4 is 39.2 Å². The van der Waals surface area contributed by atoms with Gasteiger partial charge in [0.25, 0.3) is 11.8 Å². The van der Waals surface area contributed by atoms with Crippen LogP contribution < -0.4 is 15.4 Å². The molecule has 2 N–H and O–H groups in total. The molecule has 11 heteroatoms. The summed E-state index contributed by atoms with van der Waals surface area (Å²) >= 11 is 2.84. The first-order valence-electron chi connectivity index (χ1n) is 8.63. The molecule has 0 aliphatic heterocycles. The average Bonchev–Trinajstić information content (AvgIpc) is 2.74. The zero-order chi connectivity index (χ0) is 22.6. The maximum Gasteiger partial charge on any atom is 0.417 e. The predicted octanol–water partition coefficient (Wildman–Crippen LogP) is 4.77. The molecule has 0 aliphatic rings. The molecule has 3 aromatic rings. The first-order valence-corrected chi connectivity index (χ1v) is 9.43. The summed E-state index contributed by atoms with van der Waals surface area (Å²) in [5, 5.41) is 4.88. The lowest BCUT2D eigenvalue weighted by Crippen LogP contribution is -2.19. The summed E-state index contributed by atoms with van der Waals surface area (Å²) in [6.45, 7) is 0. The monoisotopic (exact) mass is 494 g/mol. The molecule has 0 saturated heterocycles. The minimum Gasteiger partial charge on any atom is -0.481 e. The zero-order valence-electron chi connectivity index (χ0n) is 15.8. The van der Waals surface area contributed by atoms with E-state index in [1.165, 1.54) is 55.9 Å². The van der Waals surface area contributed by atoms with Crippen molar-refractivity contribution in [1.29, 1.82) is 0 Å². The van der Waals surface area contributed by atoms with Gasteiger partial charge in [-0.1, -0.05) is 15.9 Å². The highest BCUT2D eigenvalue weighted by atomic mass is 79.9. The standard InChI is InChI=1S/C20H14BrF3N4O3/c1-31-16-7-4-11(10-26-16)18(29)28-17-13(3-2-8-25-17)19(30)27-12-5-6-15(21)14(9-12)20(22,23)24/h2-10H,1H3,(H,27,30)(H,25,28,29). The SMILES string of the molecule is COc1ccc(C(=O)Nc2ncccc2C(=O)Nc2ccc(Br)c(C(F)(F)F)c2)cn1. The molecule has 0 atom stereocenters. The summed E-state index contributed by atoms with van der Waals surface area (Å²) in [5.41, 5.74) is -0.840. The number of nitrogens with one attached hydrogen (secondary N) is 2. The fraction of sp³-hybridized carbons (Fsp3) is 0.100. The molecular weight excluding hydrogens is 481 g/mol. The van der Waals surface area contributed by atoms with Crippen LogP contribution in [0.3, 0.4) is 0 Å². The largest absolute Gasteiger partial charge is 0.481 e. The van der Waals surface area contributed by atoms with E-state index in [1.54, 1.807) is 0 Å². The number of halogens is 4. The van der Waals surface area contributed by atoms with Gasteiger partial charge in [0.05, 0.1) is 23.8 Å². The Hall–Kier alpha value is -3.47. The van der Waals surface area contributed by atoms with Crippen molar-refractivity contribution in [2.24, 2.45) is 0 Å². The molecule has 0 radical (unpaired) electrons. The molecule has 0 bridgehead atoms. The highest BCUT2D eigenvalue weighted by Gasteiger charge is 2.33. The number of carbonyl (C=O) groups is 2. The molecule has 2 aromatic heterocycles. The van der Waals surface area contributed by atoms with Crippen molar-refractivity contribution in [2.45, 2.75) is 6.18 Å². The van der Waals surface area contributed by atoms with Crippen LogP contribution in [0.4, 0.5) is 24.7 Å². The van der Waals surface area contributed by atoms with Gasteiger partial charge in [0.1, 0.15) is 5.82 Å². The smallest absolute Gasteiger partial charge is 0.417 e. The Morgan fingerprint density at radius 1 is 1.03 bits per heavy atom. The van der Waals surface area contributed by atoms with Crippen LogP contribution in [0.15, 0.2) is 59.3 Å². The van der Waals surface area contributed by atoms with Gasteiger partial charge in [-0.15, -0.1) is 0 Å². The van der Waals surface area contributed by atoms with Gasteiger partial charge in [-0.2, -0.15) is 13.2 Å². The van der Waals surface area contributed by atoms with Gasteiger partial charge >= 0.3 is 6.18 Å². The van der Waals surface area contributed by atoms with E-state index in [-0.39, 0.29) is 27.1 Å². The summed E-state index contributed by atoms with van der Waals surface area (Å²) in [6.07, 6.45) is -1.95. The van der Waals surface area contributed by atoms with E-state index in [1.807, 2.05) is 0 Å². The number of hydrogen-bond donors (Lipinski definition) is 2. The number of alkyl halides is 3. The Bertz CT molecular complexity index is 1120. The molecule has 160 valence electrons. The number of pyridine rings is 2. The molecule has 31 heavy (non-hydrogen) atoms. The topological polar surface area (TPSA) is 93.2 Å². The molecule has 3 rings (SSSR count). The highest BCUT2D eigenvalue weighted by molar-refractivity contribution is 9.10. The summed E-state index contributed by atoms with van der Waals surface area (Å²) in [5.74, 6) is -1.06. The fourth-order valence-electron chi connectivity index (χ4n) is 2.52. The second-order valence-corrected chi connectivity index (χ2v) is 6.94. The van der Waals surface area contributed by atoms with Crippen molar-refractivity contribution in [3.05, 3.63) is 76.0 Å². The number of ether oxygens (including phenoxy) is 1. The van der Waals surface area contributed by atoms with Gasteiger partial charge in [0.15, 0.2) is 0 Å². The van der Waals surface area contributed by atoms with Crippen molar-refractivity contribution in [3.8, 4) is 5.88 Å². The predicted molar refractivity (Wildman–Crippen MR) is 110 cm³/mol. The maximum atomic E-state index is 13.1. The number of carbonyl (C=O) groups excluding carboxylic acids is 2. The number of benzene rings is 1. The van der Waals surface area contributed by atoms with E-state index in [0.29, 0.717) is 5.88 Å². The van der Waals surface area contributed by atoms with Crippen molar-refractivity contribution in [3.63, 3.8) is 0 Å². The normalized spacial score (nSPS) is 11.0. The quantitative estimate of drug-likeness (QED) is 0.532. The van der Waals surface area contributed by atoms with Crippen LogP contribution in [0.5, 0.6) is 5.88 Å². The Balaban J connectivity index is 1.81. The molecule has 0 fully saturated rings. The minimum absolute atomic E-state index is 0.0335. The van der Waals surface area contributed by atoms with E-state index in [4.69, 9.17) is 4.74 Å². The van der Waals surface area contributed by atoms with E-state index in [9.17, 15) is 22.8 Å². The number of amides is 2. The summed E-state index contributed by atoms with van der Waals surface area (Å²) in [4.78, 5) is 33.0. The van der Waals surface area contributed by atoms with Gasteiger partial charge < -0.3 is 15.4 Å². The van der Waals surface area contributed by atoms with Crippen LogP contribution in [-0.2, 0) is 6.18 Å². The van der Waals surface area contributed by atoms with Crippen LogP contribution >= 0.6 is 15.9 Å². The lowest BCUT2D eigenvalue weighted by atomic mass is 10.1. The Morgan fingerprint density at radius 2 is 1.81 bits per heavy atom. The minimum atomic E-state index is -4.60. The third-order valence-electron chi connectivity index (χ3n) is 4.02. The molecular formula is C20H14BrF3N4O3. The highest BCUT2D eigenvalue weighted by Crippen LogP contribution is 2.36. The van der Waals surface area contributed by atoms with Crippen LogP contribution in [0.2, 0.25) is 0 Å². The van der Waals surface area contributed by atoms with Crippen LogP contribution in [0, 0.1) is 0 Å². The third-order valence-corrected chi connectivity index (χ3v) is 4.71. The molecule has 0 aliphatic carbocycles. The first-order chi connectivity index (χ1) is 14.7. The van der Waals surface area contributed by atoms with Crippen LogP contribution in [-0.4, -0.2) is 28.9 Å². The summed E-state index contributed by atoms with van der Waals surface area (Å²) in [7, 11) is 1.43. The summed E-state index contributed by atoms with van der Waals surface area (Å²) in [6, 6.07) is 9.11. The van der Waals surface area contributed by atoms with E-state index < -0.39 is 23.6 Å². The lowest BCUT2D eigenvalue weighted by molar-refractivity contribution is -0.138. The molecule has 2 amide bonds. The van der Waals surface area contributed by atoms with E-state index in [0.717, 1.165) is 6.07 Å². The lowest BCUT2D eigenvalue weighted by Gasteiger charge is -2.13. The summed E-state index contributed by atoms with van der Waals surface area (Å²) < 4.78 is 44.1. The second-order valence-electron chi connectivity index (χ2n) is 6.09. The van der Waals surface area contributed by atoms with E-state index >= 15 is 0 Å². The van der Waals surface area contributed by atoms with Crippen molar-refractivity contribution in [2.75, 3.05) is 17.7 Å². The number of nitrogens with zero attached hydrogens (tertiary/aromatic N) is 2. The maximum absolute atomic E-state index is 13.1. The number of anilines is 2. The number of aromatic nitrogens is 2. The zero-order valence-corrected chi connectivity index (χ0v) is 17.4. The van der Waals surface area contributed by atoms with Crippen molar-refractivity contribution < 1.29 is 27.5 Å². The first kappa shape index (κ1) is 22.2. The molecule has 0 saturated carbocycles. The van der Waals surface area contributed by atoms with Gasteiger partial charge in [0, 0.05) is 28.6 Å². The third kappa shape index (κ3) is 5.37.